The van der Waals surface area contributed by atoms with E-state index in [2.05, 4.69) is 13.2 Å². The van der Waals surface area contributed by atoms with Crippen molar-refractivity contribution >= 4 is 45.4 Å². The Morgan fingerprint density at radius 2 is 0.897 bits per heavy atom. The molecule has 2 aliphatic rings. The highest BCUT2D eigenvalue weighted by Gasteiger charge is 2.51. The van der Waals surface area contributed by atoms with Crippen LogP contribution in [0.3, 0.4) is 0 Å². The molecule has 0 N–H and O–H groups in total. The number of ether oxygens (including phenoxy) is 8. The number of hydrogen-bond acceptors (Lipinski definition) is 12. The summed E-state index contributed by atoms with van der Waals surface area (Å²) in [5, 5.41) is 3.59. The monoisotopic (exact) mass is 794 g/mol. The van der Waals surface area contributed by atoms with Crippen molar-refractivity contribution in [2.75, 3.05) is 39.6 Å². The minimum Gasteiger partial charge on any atom is -0.494 e. The quantitative estimate of drug-likeness (QED) is 0.0331. The molecule has 4 atom stereocenters. The van der Waals surface area contributed by atoms with E-state index in [0.717, 1.165) is 96.6 Å². The standard InChI is InChI=1S/C46H50O12/c1-3-41(47)53-23-11-7-5-9-21-51-37-19-17-31-25-35(15-13-33(31)27-37)45(49)57-39-29-55-44-40(30-56-43(39)44)58-46(50)36-16-14-34-28-38(20-18-32(34)26-36)52-22-10-6-8-12-24-54-42(48)4-2/h3-4,13-20,25-28,39-40,43-44H,1-2,5-12,21-24,29-30H2. The molecular weight excluding hydrogens is 744 g/mol. The second kappa shape index (κ2) is 21.2. The van der Waals surface area contributed by atoms with Crippen molar-refractivity contribution in [3.8, 4) is 11.5 Å². The lowest BCUT2D eigenvalue weighted by Gasteiger charge is -2.17. The molecule has 0 radical (unpaired) electrons. The number of esters is 4. The SMILES string of the molecule is C=CC(=O)OCCCCCCOc1ccc2cc(C(=O)OC3COC4C(OC(=O)c5ccc6cc(OCCCCCCOC(=O)C=C)ccc6c5)COC34)ccc2c1. The molecule has 0 aliphatic carbocycles. The highest BCUT2D eigenvalue weighted by Crippen LogP contribution is 2.32. The maximum Gasteiger partial charge on any atom is 0.338 e. The molecule has 2 aliphatic heterocycles. The fourth-order valence-corrected chi connectivity index (χ4v) is 6.88. The molecule has 12 heteroatoms. The lowest BCUT2D eigenvalue weighted by molar-refractivity contribution is -0.138. The second-order valence-corrected chi connectivity index (χ2v) is 14.2. The van der Waals surface area contributed by atoms with Crippen LogP contribution in [-0.4, -0.2) is 87.9 Å². The predicted octanol–water partition coefficient (Wildman–Crippen LogP) is 7.88. The lowest BCUT2D eigenvalue weighted by atomic mass is 10.1. The first-order valence-electron chi connectivity index (χ1n) is 19.9. The van der Waals surface area contributed by atoms with Crippen LogP contribution in [0.5, 0.6) is 11.5 Å². The Labute approximate surface area is 338 Å². The number of carbonyl (C=O) groups excluding carboxylic acids is 4. The van der Waals surface area contributed by atoms with E-state index >= 15 is 0 Å². The molecule has 0 spiro atoms. The third-order valence-electron chi connectivity index (χ3n) is 10.0. The van der Waals surface area contributed by atoms with Gasteiger partial charge < -0.3 is 37.9 Å². The first kappa shape index (κ1) is 41.9. The molecule has 2 fully saturated rings. The predicted molar refractivity (Wildman–Crippen MR) is 216 cm³/mol. The normalized spacial score (nSPS) is 18.3. The molecule has 12 nitrogen and oxygen atoms in total. The van der Waals surface area contributed by atoms with Crippen molar-refractivity contribution in [2.24, 2.45) is 0 Å². The number of benzene rings is 4. The van der Waals surface area contributed by atoms with E-state index in [0.29, 0.717) is 37.6 Å². The summed E-state index contributed by atoms with van der Waals surface area (Å²) in [6.45, 7) is 8.94. The van der Waals surface area contributed by atoms with Gasteiger partial charge in [-0.2, -0.15) is 0 Å². The molecule has 0 amide bonds. The van der Waals surface area contributed by atoms with Crippen molar-refractivity contribution in [2.45, 2.75) is 75.8 Å². The zero-order valence-electron chi connectivity index (χ0n) is 32.6. The van der Waals surface area contributed by atoms with E-state index in [1.54, 1.807) is 24.3 Å². The Balaban J connectivity index is 0.915. The lowest BCUT2D eigenvalue weighted by Crippen LogP contribution is -2.36. The van der Waals surface area contributed by atoms with Gasteiger partial charge >= 0.3 is 23.9 Å². The van der Waals surface area contributed by atoms with E-state index in [1.165, 1.54) is 0 Å². The van der Waals surface area contributed by atoms with Crippen LogP contribution >= 0.6 is 0 Å². The van der Waals surface area contributed by atoms with Crippen LogP contribution < -0.4 is 9.47 Å². The van der Waals surface area contributed by atoms with E-state index in [9.17, 15) is 19.2 Å². The Morgan fingerprint density at radius 1 is 0.517 bits per heavy atom. The van der Waals surface area contributed by atoms with Gasteiger partial charge in [0.25, 0.3) is 0 Å². The minimum atomic E-state index is -0.652. The third-order valence-corrected chi connectivity index (χ3v) is 10.0. The molecule has 4 aromatic carbocycles. The fraction of sp³-hybridized carbons (Fsp3) is 0.391. The van der Waals surface area contributed by atoms with Gasteiger partial charge in [0.2, 0.25) is 0 Å². The molecule has 4 unspecified atom stereocenters. The third kappa shape index (κ3) is 11.7. The van der Waals surface area contributed by atoms with Gasteiger partial charge in [0, 0.05) is 12.2 Å². The number of carbonyl (C=O) groups is 4. The van der Waals surface area contributed by atoms with Crippen molar-refractivity contribution < 1.29 is 57.1 Å². The summed E-state index contributed by atoms with van der Waals surface area (Å²) in [6.07, 6.45) is 7.06. The van der Waals surface area contributed by atoms with Crippen molar-refractivity contribution in [3.05, 3.63) is 109 Å². The van der Waals surface area contributed by atoms with Crippen LogP contribution in [0.15, 0.2) is 98.1 Å². The summed E-state index contributed by atoms with van der Waals surface area (Å²) in [6, 6.07) is 22.2. The van der Waals surface area contributed by atoms with Crippen molar-refractivity contribution in [1.29, 1.82) is 0 Å². The van der Waals surface area contributed by atoms with Gasteiger partial charge in [-0.1, -0.05) is 37.4 Å². The van der Waals surface area contributed by atoms with Crippen LogP contribution in [0.1, 0.15) is 72.1 Å². The first-order valence-corrected chi connectivity index (χ1v) is 19.9. The van der Waals surface area contributed by atoms with Crippen molar-refractivity contribution in [3.63, 3.8) is 0 Å². The van der Waals surface area contributed by atoms with E-state index in [1.807, 2.05) is 48.5 Å². The van der Waals surface area contributed by atoms with Crippen LogP contribution in [0.2, 0.25) is 0 Å². The maximum atomic E-state index is 13.2. The molecule has 306 valence electrons. The van der Waals surface area contributed by atoms with E-state index in [4.69, 9.17) is 37.9 Å². The number of rotatable bonds is 22. The second-order valence-electron chi connectivity index (χ2n) is 14.2. The molecule has 2 heterocycles. The topological polar surface area (TPSA) is 142 Å². The Morgan fingerprint density at radius 3 is 1.31 bits per heavy atom. The van der Waals surface area contributed by atoms with Crippen LogP contribution in [-0.2, 0) is 38.0 Å². The van der Waals surface area contributed by atoms with Gasteiger partial charge in [-0.3, -0.25) is 0 Å². The maximum absolute atomic E-state index is 13.2. The van der Waals surface area contributed by atoms with Gasteiger partial charge in [-0.15, -0.1) is 0 Å². The summed E-state index contributed by atoms with van der Waals surface area (Å²) < 4.78 is 45.4. The van der Waals surface area contributed by atoms with Crippen LogP contribution in [0, 0.1) is 0 Å². The summed E-state index contributed by atoms with van der Waals surface area (Å²) in [4.78, 5) is 48.6. The van der Waals surface area contributed by atoms with Gasteiger partial charge in [-0.25, -0.2) is 19.2 Å². The zero-order chi connectivity index (χ0) is 40.7. The highest BCUT2D eigenvalue weighted by atomic mass is 16.7. The molecule has 58 heavy (non-hydrogen) atoms. The molecule has 0 aromatic heterocycles. The van der Waals surface area contributed by atoms with Gasteiger partial charge in [-0.05, 0) is 121 Å². The van der Waals surface area contributed by atoms with Gasteiger partial charge in [0.05, 0.1) is 50.8 Å². The van der Waals surface area contributed by atoms with Crippen molar-refractivity contribution in [1.82, 2.24) is 0 Å². The molecule has 4 aromatic rings. The molecular formula is C46H50O12. The Kier molecular flexibility index (Phi) is 15.3. The minimum absolute atomic E-state index is 0.125. The molecule has 2 saturated heterocycles. The van der Waals surface area contributed by atoms with Crippen LogP contribution in [0.25, 0.3) is 21.5 Å². The number of fused-ring (bicyclic) bond motifs is 3. The van der Waals surface area contributed by atoms with Crippen LogP contribution in [0.4, 0.5) is 0 Å². The smallest absolute Gasteiger partial charge is 0.338 e. The highest BCUT2D eigenvalue weighted by molar-refractivity contribution is 5.97. The Bertz CT molecular complexity index is 1930. The van der Waals surface area contributed by atoms with Gasteiger partial charge in [0.15, 0.2) is 12.2 Å². The Hall–Kier alpha value is -5.72. The summed E-state index contributed by atoms with van der Waals surface area (Å²) in [7, 11) is 0. The number of hydrogen-bond donors (Lipinski definition) is 0. The van der Waals surface area contributed by atoms with E-state index < -0.39 is 48.3 Å². The average molecular weight is 795 g/mol. The average Bonchev–Trinajstić information content (AvgIpc) is 3.84. The molecule has 6 rings (SSSR count). The first-order chi connectivity index (χ1) is 28.3. The molecule has 0 bridgehead atoms. The largest absolute Gasteiger partial charge is 0.494 e. The van der Waals surface area contributed by atoms with Gasteiger partial charge in [0.1, 0.15) is 23.7 Å². The summed E-state index contributed by atoms with van der Waals surface area (Å²) in [5.41, 5.74) is 0.800. The summed E-state index contributed by atoms with van der Waals surface area (Å²) >= 11 is 0. The van der Waals surface area contributed by atoms with E-state index in [-0.39, 0.29) is 13.2 Å². The summed E-state index contributed by atoms with van der Waals surface area (Å²) in [5.74, 6) is -0.300. The zero-order valence-corrected chi connectivity index (χ0v) is 32.6. The molecule has 0 saturated carbocycles. The fourth-order valence-electron chi connectivity index (χ4n) is 6.88. The number of unbranched alkanes of at least 4 members (excludes halogenated alkanes) is 6.